The Morgan fingerprint density at radius 2 is 2.09 bits per heavy atom. The van der Waals surface area contributed by atoms with Crippen molar-refractivity contribution in [1.82, 2.24) is 14.5 Å². The van der Waals surface area contributed by atoms with Crippen LogP contribution in [-0.4, -0.2) is 27.4 Å². The Kier molecular flexibility index (Phi) is 3.74. The van der Waals surface area contributed by atoms with Gasteiger partial charge in [-0.1, -0.05) is 0 Å². The molecule has 0 aliphatic carbocycles. The van der Waals surface area contributed by atoms with E-state index < -0.39 is 0 Å². The first-order chi connectivity index (χ1) is 10.6. The van der Waals surface area contributed by atoms with E-state index in [0.717, 1.165) is 0 Å². The highest BCUT2D eigenvalue weighted by Gasteiger charge is 2.18. The third-order valence-corrected chi connectivity index (χ3v) is 3.28. The Morgan fingerprint density at radius 1 is 1.32 bits per heavy atom. The summed E-state index contributed by atoms with van der Waals surface area (Å²) in [6.45, 7) is 0.362. The van der Waals surface area contributed by atoms with Gasteiger partial charge in [0.05, 0.1) is 25.3 Å². The van der Waals surface area contributed by atoms with Crippen LogP contribution < -0.4 is 0 Å². The number of nitrogens with zero attached hydrogens (tertiary/aromatic N) is 3. The van der Waals surface area contributed by atoms with Crippen molar-refractivity contribution in [2.75, 3.05) is 7.05 Å². The number of halogens is 1. The summed E-state index contributed by atoms with van der Waals surface area (Å²) in [4.78, 5) is 18.1. The number of hydrogen-bond acceptors (Lipinski definition) is 3. The molecule has 0 radical (unpaired) electrons. The molecule has 6 heteroatoms. The van der Waals surface area contributed by atoms with Gasteiger partial charge in [-0.25, -0.2) is 9.37 Å². The number of amides is 1. The molecule has 0 aliphatic heterocycles. The maximum absolute atomic E-state index is 13.0. The molecule has 0 atom stereocenters. The average molecular weight is 299 g/mol. The summed E-state index contributed by atoms with van der Waals surface area (Å²) in [7, 11) is 1.69. The van der Waals surface area contributed by atoms with E-state index in [9.17, 15) is 9.18 Å². The van der Waals surface area contributed by atoms with Crippen molar-refractivity contribution < 1.29 is 13.6 Å². The Balaban J connectivity index is 1.84. The Labute approximate surface area is 126 Å². The minimum absolute atomic E-state index is 0.196. The first-order valence-electron chi connectivity index (χ1n) is 6.71. The summed E-state index contributed by atoms with van der Waals surface area (Å²) in [5, 5.41) is 0. The van der Waals surface area contributed by atoms with Crippen LogP contribution in [0, 0.1) is 5.82 Å². The number of aromatic nitrogens is 2. The minimum Gasteiger partial charge on any atom is -0.467 e. The van der Waals surface area contributed by atoms with Gasteiger partial charge < -0.3 is 9.32 Å². The molecule has 1 aromatic carbocycles. The highest BCUT2D eigenvalue weighted by molar-refractivity contribution is 5.92. The lowest BCUT2D eigenvalue weighted by atomic mass is 10.3. The van der Waals surface area contributed by atoms with E-state index in [0.29, 0.717) is 23.7 Å². The standard InChI is InChI=1S/C16H14FN3O2/c1-19(10-14-3-2-8-22-14)16(21)15-9-18-11-20(15)13-6-4-12(17)5-7-13/h2-9,11H,10H2,1H3. The van der Waals surface area contributed by atoms with Crippen LogP contribution in [0.25, 0.3) is 5.69 Å². The van der Waals surface area contributed by atoms with Gasteiger partial charge in [-0.2, -0.15) is 0 Å². The van der Waals surface area contributed by atoms with Crippen molar-refractivity contribution in [3.63, 3.8) is 0 Å². The van der Waals surface area contributed by atoms with E-state index in [1.165, 1.54) is 29.6 Å². The van der Waals surface area contributed by atoms with E-state index in [4.69, 9.17) is 4.42 Å². The largest absolute Gasteiger partial charge is 0.467 e. The molecule has 1 amide bonds. The molecule has 0 unspecified atom stereocenters. The molecule has 0 saturated heterocycles. The third kappa shape index (κ3) is 2.76. The van der Waals surface area contributed by atoms with Crippen molar-refractivity contribution in [3.8, 4) is 5.69 Å². The van der Waals surface area contributed by atoms with Crippen LogP contribution in [0.5, 0.6) is 0 Å². The Hall–Kier alpha value is -2.89. The normalized spacial score (nSPS) is 10.6. The van der Waals surface area contributed by atoms with Gasteiger partial charge in [-0.15, -0.1) is 0 Å². The molecule has 0 fully saturated rings. The number of carbonyl (C=O) groups excluding carboxylic acids is 1. The fourth-order valence-electron chi connectivity index (χ4n) is 2.16. The van der Waals surface area contributed by atoms with E-state index in [1.54, 1.807) is 42.1 Å². The predicted molar refractivity (Wildman–Crippen MR) is 78.0 cm³/mol. The van der Waals surface area contributed by atoms with Gasteiger partial charge in [0, 0.05) is 12.7 Å². The number of furan rings is 1. The predicted octanol–water partition coefficient (Wildman–Crippen LogP) is 2.88. The monoisotopic (exact) mass is 299 g/mol. The number of rotatable bonds is 4. The molecular weight excluding hydrogens is 285 g/mol. The van der Waals surface area contributed by atoms with Gasteiger partial charge in [-0.05, 0) is 36.4 Å². The topological polar surface area (TPSA) is 51.3 Å². The van der Waals surface area contributed by atoms with Crippen molar-refractivity contribution in [2.45, 2.75) is 6.54 Å². The van der Waals surface area contributed by atoms with Crippen molar-refractivity contribution in [3.05, 3.63) is 72.5 Å². The first-order valence-corrected chi connectivity index (χ1v) is 6.71. The van der Waals surface area contributed by atoms with E-state index in [2.05, 4.69) is 4.98 Å². The number of benzene rings is 1. The summed E-state index contributed by atoms with van der Waals surface area (Å²) >= 11 is 0. The van der Waals surface area contributed by atoms with Gasteiger partial charge in [0.25, 0.3) is 5.91 Å². The molecule has 0 aliphatic rings. The lowest BCUT2D eigenvalue weighted by molar-refractivity contribution is 0.0767. The van der Waals surface area contributed by atoms with Crippen LogP contribution in [-0.2, 0) is 6.54 Å². The molecule has 2 aromatic heterocycles. The molecule has 112 valence electrons. The van der Waals surface area contributed by atoms with E-state index in [1.807, 2.05) is 0 Å². The van der Waals surface area contributed by atoms with Crippen LogP contribution in [0.4, 0.5) is 4.39 Å². The van der Waals surface area contributed by atoms with Gasteiger partial charge in [0.1, 0.15) is 17.3 Å². The summed E-state index contributed by atoms with van der Waals surface area (Å²) in [6.07, 6.45) is 4.59. The lowest BCUT2D eigenvalue weighted by Gasteiger charge is -2.16. The second-order valence-corrected chi connectivity index (χ2v) is 4.87. The fraction of sp³-hybridized carbons (Fsp3) is 0.125. The SMILES string of the molecule is CN(Cc1ccco1)C(=O)c1cncn1-c1ccc(F)cc1. The van der Waals surface area contributed by atoms with Crippen molar-refractivity contribution in [1.29, 1.82) is 0 Å². The molecule has 2 heterocycles. The van der Waals surface area contributed by atoms with Crippen LogP contribution in [0.3, 0.4) is 0 Å². The number of hydrogen-bond donors (Lipinski definition) is 0. The van der Waals surface area contributed by atoms with Gasteiger partial charge >= 0.3 is 0 Å². The van der Waals surface area contributed by atoms with Gasteiger partial charge in [0.2, 0.25) is 0 Å². The van der Waals surface area contributed by atoms with Crippen molar-refractivity contribution in [2.24, 2.45) is 0 Å². The fourth-order valence-corrected chi connectivity index (χ4v) is 2.16. The Morgan fingerprint density at radius 3 is 2.77 bits per heavy atom. The second kappa shape index (κ2) is 5.85. The summed E-state index contributed by atoms with van der Waals surface area (Å²) in [5.41, 5.74) is 1.08. The second-order valence-electron chi connectivity index (χ2n) is 4.87. The van der Waals surface area contributed by atoms with Crippen LogP contribution >= 0.6 is 0 Å². The van der Waals surface area contributed by atoms with Gasteiger partial charge in [0.15, 0.2) is 0 Å². The van der Waals surface area contributed by atoms with E-state index in [-0.39, 0.29) is 11.7 Å². The molecule has 3 aromatic rings. The molecule has 22 heavy (non-hydrogen) atoms. The minimum atomic E-state index is -0.327. The molecule has 0 N–H and O–H groups in total. The quantitative estimate of drug-likeness (QED) is 0.744. The molecular formula is C16H14FN3O2. The highest BCUT2D eigenvalue weighted by Crippen LogP contribution is 2.15. The molecule has 0 bridgehead atoms. The number of imidazole rings is 1. The smallest absolute Gasteiger partial charge is 0.272 e. The summed E-state index contributed by atoms with van der Waals surface area (Å²) < 4.78 is 19.9. The average Bonchev–Trinajstić information content (AvgIpc) is 3.18. The first kappa shape index (κ1) is 14.1. The lowest BCUT2D eigenvalue weighted by Crippen LogP contribution is -2.27. The Bertz CT molecular complexity index is 763. The number of carbonyl (C=O) groups is 1. The molecule has 0 saturated carbocycles. The molecule has 3 rings (SSSR count). The molecule has 5 nitrogen and oxygen atoms in total. The van der Waals surface area contributed by atoms with Crippen LogP contribution in [0.1, 0.15) is 16.2 Å². The maximum Gasteiger partial charge on any atom is 0.272 e. The summed E-state index contributed by atoms with van der Waals surface area (Å²) in [5.74, 6) is 0.175. The van der Waals surface area contributed by atoms with E-state index >= 15 is 0 Å². The van der Waals surface area contributed by atoms with Crippen molar-refractivity contribution >= 4 is 5.91 Å². The highest BCUT2D eigenvalue weighted by atomic mass is 19.1. The maximum atomic E-state index is 13.0. The third-order valence-electron chi connectivity index (χ3n) is 3.28. The zero-order valence-electron chi connectivity index (χ0n) is 11.9. The van der Waals surface area contributed by atoms with Crippen LogP contribution in [0.15, 0.2) is 59.6 Å². The zero-order chi connectivity index (χ0) is 15.5. The van der Waals surface area contributed by atoms with Crippen LogP contribution in [0.2, 0.25) is 0 Å². The summed E-state index contributed by atoms with van der Waals surface area (Å²) in [6, 6.07) is 9.46. The zero-order valence-corrected chi connectivity index (χ0v) is 11.9. The molecule has 0 spiro atoms. The van der Waals surface area contributed by atoms with Gasteiger partial charge in [-0.3, -0.25) is 9.36 Å².